The van der Waals surface area contributed by atoms with Crippen molar-refractivity contribution >= 4 is 33.8 Å². The van der Waals surface area contributed by atoms with Gasteiger partial charge in [0.25, 0.3) is 0 Å². The SMILES string of the molecule is CC(C)(C)c1ccc(O)c(C=Nc2ccccc2-c2nc3c(-c4ccccc4)cc(-c4cccc5ccccc45)cc3o2)c1. The maximum atomic E-state index is 10.6. The molecule has 6 aromatic carbocycles. The second kappa shape index (κ2) is 11.0. The average Bonchev–Trinajstić information content (AvgIpc) is 3.48. The summed E-state index contributed by atoms with van der Waals surface area (Å²) in [5.74, 6) is 0.683. The molecule has 0 unspecified atom stereocenters. The highest BCUT2D eigenvalue weighted by atomic mass is 16.3. The third-order valence-corrected chi connectivity index (χ3v) is 8.05. The predicted octanol–water partition coefficient (Wildman–Crippen LogP) is 10.7. The molecule has 0 amide bonds. The molecule has 1 N–H and O–H groups in total. The van der Waals surface area contributed by atoms with E-state index >= 15 is 0 Å². The lowest BCUT2D eigenvalue weighted by Crippen LogP contribution is -2.11. The van der Waals surface area contributed by atoms with Crippen LogP contribution in [0.1, 0.15) is 31.9 Å². The van der Waals surface area contributed by atoms with E-state index in [0.29, 0.717) is 22.7 Å². The summed E-state index contributed by atoms with van der Waals surface area (Å²) in [4.78, 5) is 9.85. The Morgan fingerprint density at radius 2 is 1.41 bits per heavy atom. The molecule has 7 aromatic rings. The molecule has 4 nitrogen and oxygen atoms in total. The maximum absolute atomic E-state index is 10.6. The molecule has 0 radical (unpaired) electrons. The van der Waals surface area contributed by atoms with Crippen LogP contribution in [0.4, 0.5) is 5.69 Å². The van der Waals surface area contributed by atoms with Crippen molar-refractivity contribution in [3.05, 3.63) is 139 Å². The van der Waals surface area contributed by atoms with E-state index in [0.717, 1.165) is 38.9 Å². The number of hydrogen-bond acceptors (Lipinski definition) is 4. The summed E-state index contributed by atoms with van der Waals surface area (Å²) in [5.41, 5.74) is 9.00. The molecule has 0 fully saturated rings. The Balaban J connectivity index is 1.37. The number of phenols is 1. The normalized spacial score (nSPS) is 12.0. The Bertz CT molecular complexity index is 2160. The van der Waals surface area contributed by atoms with E-state index in [1.54, 1.807) is 12.3 Å². The highest BCUT2D eigenvalue weighted by Crippen LogP contribution is 2.40. The van der Waals surface area contributed by atoms with E-state index in [2.05, 4.69) is 87.5 Å². The van der Waals surface area contributed by atoms with Gasteiger partial charge in [0.1, 0.15) is 11.3 Å². The van der Waals surface area contributed by atoms with Crippen LogP contribution in [0.25, 0.3) is 55.6 Å². The monoisotopic (exact) mass is 572 g/mol. The fourth-order valence-corrected chi connectivity index (χ4v) is 5.65. The van der Waals surface area contributed by atoms with Gasteiger partial charge in [-0.3, -0.25) is 4.99 Å². The molecule has 0 bridgehead atoms. The van der Waals surface area contributed by atoms with Crippen molar-refractivity contribution in [2.75, 3.05) is 0 Å². The standard InChI is InChI=1S/C40H32N2O2/c1-40(2,3)30-20-21-36(43)29(22-30)25-41-35-19-10-9-17-33(35)39-42-38-34(27-12-5-4-6-13-27)23-28(24-37(38)44-39)32-18-11-15-26-14-7-8-16-31(26)32/h4-25,43H,1-3H3. The molecule has 0 atom stereocenters. The smallest absolute Gasteiger partial charge is 0.229 e. The molecular formula is C40H32N2O2. The summed E-state index contributed by atoms with van der Waals surface area (Å²) in [6.45, 7) is 6.45. The van der Waals surface area contributed by atoms with E-state index in [1.807, 2.05) is 54.6 Å². The summed E-state index contributed by atoms with van der Waals surface area (Å²) in [7, 11) is 0. The first-order chi connectivity index (χ1) is 21.3. The van der Waals surface area contributed by atoms with Gasteiger partial charge in [-0.25, -0.2) is 4.98 Å². The third-order valence-electron chi connectivity index (χ3n) is 8.05. The van der Waals surface area contributed by atoms with Crippen molar-refractivity contribution < 1.29 is 9.52 Å². The molecule has 0 spiro atoms. The van der Waals surface area contributed by atoms with Crippen LogP contribution < -0.4 is 0 Å². The number of aromatic hydroxyl groups is 1. The molecule has 7 rings (SSSR count). The van der Waals surface area contributed by atoms with Crippen LogP contribution in [0, 0.1) is 0 Å². The molecule has 0 aliphatic heterocycles. The summed E-state index contributed by atoms with van der Waals surface area (Å²) in [6, 6.07) is 42.9. The fraction of sp³-hybridized carbons (Fsp3) is 0.100. The number of benzene rings is 6. The van der Waals surface area contributed by atoms with E-state index in [1.165, 1.54) is 10.8 Å². The molecular weight excluding hydrogens is 540 g/mol. The minimum atomic E-state index is -0.0479. The molecule has 214 valence electrons. The molecule has 1 heterocycles. The highest BCUT2D eigenvalue weighted by Gasteiger charge is 2.19. The van der Waals surface area contributed by atoms with E-state index in [4.69, 9.17) is 14.4 Å². The number of fused-ring (bicyclic) bond motifs is 2. The number of para-hydroxylation sites is 1. The van der Waals surface area contributed by atoms with Crippen molar-refractivity contribution in [2.24, 2.45) is 4.99 Å². The summed E-state index contributed by atoms with van der Waals surface area (Å²) in [6.07, 6.45) is 1.71. The van der Waals surface area contributed by atoms with Crippen molar-refractivity contribution in [1.29, 1.82) is 0 Å². The number of nitrogens with zero attached hydrogens (tertiary/aromatic N) is 2. The van der Waals surface area contributed by atoms with Gasteiger partial charge >= 0.3 is 0 Å². The molecule has 1 aromatic heterocycles. The van der Waals surface area contributed by atoms with Crippen molar-refractivity contribution in [1.82, 2.24) is 4.98 Å². The van der Waals surface area contributed by atoms with Crippen LogP contribution in [0.15, 0.2) is 137 Å². The first-order valence-corrected chi connectivity index (χ1v) is 14.8. The minimum absolute atomic E-state index is 0.0479. The Hall–Kier alpha value is -5.48. The Morgan fingerprint density at radius 1 is 0.682 bits per heavy atom. The zero-order chi connectivity index (χ0) is 30.3. The van der Waals surface area contributed by atoms with Crippen LogP contribution in [-0.4, -0.2) is 16.3 Å². The van der Waals surface area contributed by atoms with Gasteiger partial charge in [-0.2, -0.15) is 0 Å². The van der Waals surface area contributed by atoms with Crippen LogP contribution >= 0.6 is 0 Å². The van der Waals surface area contributed by atoms with E-state index in [9.17, 15) is 5.11 Å². The Labute approximate surface area is 257 Å². The highest BCUT2D eigenvalue weighted by molar-refractivity contribution is 6.02. The van der Waals surface area contributed by atoms with Gasteiger partial charge in [0.2, 0.25) is 5.89 Å². The molecule has 4 heteroatoms. The largest absolute Gasteiger partial charge is 0.507 e. The van der Waals surface area contributed by atoms with Gasteiger partial charge in [0.05, 0.1) is 11.3 Å². The first kappa shape index (κ1) is 27.4. The number of phenolic OH excluding ortho intramolecular Hbond substituents is 1. The van der Waals surface area contributed by atoms with Crippen molar-refractivity contribution in [3.8, 4) is 39.5 Å². The van der Waals surface area contributed by atoms with Gasteiger partial charge in [0, 0.05) is 17.3 Å². The number of rotatable bonds is 5. The molecule has 0 aliphatic rings. The van der Waals surface area contributed by atoms with E-state index < -0.39 is 0 Å². The predicted molar refractivity (Wildman–Crippen MR) is 182 cm³/mol. The topological polar surface area (TPSA) is 58.6 Å². The second-order valence-corrected chi connectivity index (χ2v) is 12.1. The summed E-state index contributed by atoms with van der Waals surface area (Å²) in [5, 5.41) is 12.9. The fourth-order valence-electron chi connectivity index (χ4n) is 5.65. The second-order valence-electron chi connectivity index (χ2n) is 12.1. The number of oxazole rings is 1. The lowest BCUT2D eigenvalue weighted by Gasteiger charge is -2.19. The number of aliphatic imine (C=N–C) groups is 1. The Kier molecular flexibility index (Phi) is 6.83. The molecule has 0 aliphatic carbocycles. The van der Waals surface area contributed by atoms with Gasteiger partial charge in [-0.1, -0.05) is 112 Å². The minimum Gasteiger partial charge on any atom is -0.507 e. The van der Waals surface area contributed by atoms with Crippen LogP contribution in [0.5, 0.6) is 5.75 Å². The lowest BCUT2D eigenvalue weighted by molar-refractivity contribution is 0.473. The van der Waals surface area contributed by atoms with Crippen molar-refractivity contribution in [2.45, 2.75) is 26.2 Å². The quantitative estimate of drug-likeness (QED) is 0.209. The van der Waals surface area contributed by atoms with Gasteiger partial charge < -0.3 is 9.52 Å². The van der Waals surface area contributed by atoms with Crippen molar-refractivity contribution in [3.63, 3.8) is 0 Å². The zero-order valence-corrected chi connectivity index (χ0v) is 25.0. The first-order valence-electron chi connectivity index (χ1n) is 14.8. The van der Waals surface area contributed by atoms with Crippen LogP contribution in [0.2, 0.25) is 0 Å². The van der Waals surface area contributed by atoms with Gasteiger partial charge in [-0.05, 0) is 74.8 Å². The number of aromatic nitrogens is 1. The zero-order valence-electron chi connectivity index (χ0n) is 25.0. The van der Waals surface area contributed by atoms with E-state index in [-0.39, 0.29) is 11.2 Å². The van der Waals surface area contributed by atoms with Gasteiger partial charge in [-0.15, -0.1) is 0 Å². The average molecular weight is 573 g/mol. The molecule has 44 heavy (non-hydrogen) atoms. The summed E-state index contributed by atoms with van der Waals surface area (Å²) >= 11 is 0. The number of hydrogen-bond donors (Lipinski definition) is 1. The Morgan fingerprint density at radius 3 is 2.25 bits per heavy atom. The maximum Gasteiger partial charge on any atom is 0.229 e. The molecule has 0 saturated heterocycles. The van der Waals surface area contributed by atoms with Crippen LogP contribution in [0.3, 0.4) is 0 Å². The summed E-state index contributed by atoms with van der Waals surface area (Å²) < 4.78 is 6.54. The lowest BCUT2D eigenvalue weighted by atomic mass is 9.86. The van der Waals surface area contributed by atoms with Crippen LogP contribution in [-0.2, 0) is 5.41 Å². The van der Waals surface area contributed by atoms with Gasteiger partial charge in [0.15, 0.2) is 5.58 Å². The third kappa shape index (κ3) is 5.16. The molecule has 0 saturated carbocycles.